The van der Waals surface area contributed by atoms with Crippen LogP contribution in [0.1, 0.15) is 24.0 Å². The van der Waals surface area contributed by atoms with Crippen molar-refractivity contribution in [3.8, 4) is 0 Å². The fourth-order valence-corrected chi connectivity index (χ4v) is 3.42. The van der Waals surface area contributed by atoms with Gasteiger partial charge in [-0.15, -0.1) is 0 Å². The van der Waals surface area contributed by atoms with Gasteiger partial charge in [-0.05, 0) is 30.9 Å². The third kappa shape index (κ3) is 5.43. The molecule has 3 heterocycles. The van der Waals surface area contributed by atoms with E-state index in [1.165, 1.54) is 0 Å². The maximum Gasteiger partial charge on any atom is 0.490 e. The Balaban J connectivity index is 0.000000370. The summed E-state index contributed by atoms with van der Waals surface area (Å²) < 4.78 is 37.2. The number of alkyl halides is 3. The fraction of sp³-hybridized carbons (Fsp3) is 0.556. The molecule has 2 saturated heterocycles. The molecular formula is C18H21F3N2O6. The van der Waals surface area contributed by atoms with Gasteiger partial charge in [-0.2, -0.15) is 13.2 Å². The Hall–Kier alpha value is -2.69. The molecule has 11 heteroatoms. The van der Waals surface area contributed by atoms with Crippen molar-refractivity contribution in [2.45, 2.75) is 38.0 Å². The molecule has 2 aliphatic rings. The second-order valence-corrected chi connectivity index (χ2v) is 6.98. The molecule has 0 aromatic carbocycles. The Morgan fingerprint density at radius 1 is 1.31 bits per heavy atom. The van der Waals surface area contributed by atoms with Gasteiger partial charge in [0.25, 0.3) is 0 Å². The highest BCUT2D eigenvalue weighted by molar-refractivity contribution is 5.83. The summed E-state index contributed by atoms with van der Waals surface area (Å²) >= 11 is 0. The number of carbonyl (C=O) groups excluding carboxylic acids is 1. The molecule has 1 aromatic rings. The largest absolute Gasteiger partial charge is 0.490 e. The van der Waals surface area contributed by atoms with Gasteiger partial charge < -0.3 is 19.8 Å². The number of rotatable bonds is 4. The second-order valence-electron chi connectivity index (χ2n) is 6.98. The van der Waals surface area contributed by atoms with Gasteiger partial charge in [0.1, 0.15) is 0 Å². The van der Waals surface area contributed by atoms with E-state index in [-0.39, 0.29) is 18.4 Å². The summed E-state index contributed by atoms with van der Waals surface area (Å²) in [5, 5.41) is 16.6. The van der Waals surface area contributed by atoms with Crippen LogP contribution in [0.25, 0.3) is 0 Å². The van der Waals surface area contributed by atoms with Crippen LogP contribution in [0.3, 0.4) is 0 Å². The molecule has 0 saturated carbocycles. The van der Waals surface area contributed by atoms with Crippen molar-refractivity contribution in [3.05, 3.63) is 29.6 Å². The van der Waals surface area contributed by atoms with Crippen LogP contribution in [-0.4, -0.2) is 69.4 Å². The van der Waals surface area contributed by atoms with E-state index in [0.717, 1.165) is 11.1 Å². The van der Waals surface area contributed by atoms with Crippen molar-refractivity contribution in [2.24, 2.45) is 5.92 Å². The van der Waals surface area contributed by atoms with Crippen LogP contribution in [-0.2, 0) is 25.5 Å². The molecule has 2 N–H and O–H groups in total. The van der Waals surface area contributed by atoms with Crippen LogP contribution in [0.2, 0.25) is 0 Å². The average molecular weight is 418 g/mol. The van der Waals surface area contributed by atoms with Crippen molar-refractivity contribution in [3.63, 3.8) is 0 Å². The lowest BCUT2D eigenvalue weighted by Gasteiger charge is -2.23. The van der Waals surface area contributed by atoms with E-state index in [0.29, 0.717) is 32.4 Å². The predicted octanol–water partition coefficient (Wildman–Crippen LogP) is 1.66. The zero-order valence-electron chi connectivity index (χ0n) is 15.6. The first-order valence-corrected chi connectivity index (χ1v) is 8.81. The number of halogens is 3. The number of aromatic nitrogens is 1. The summed E-state index contributed by atoms with van der Waals surface area (Å²) in [6.45, 7) is 3.08. The van der Waals surface area contributed by atoms with Crippen molar-refractivity contribution < 1.29 is 42.5 Å². The third-order valence-electron chi connectivity index (χ3n) is 4.87. The monoisotopic (exact) mass is 418 g/mol. The smallest absolute Gasteiger partial charge is 0.479 e. The topological polar surface area (TPSA) is 117 Å². The number of amides is 1. The van der Waals surface area contributed by atoms with Crippen molar-refractivity contribution in [1.82, 2.24) is 9.88 Å². The van der Waals surface area contributed by atoms with Gasteiger partial charge in [0.2, 0.25) is 5.91 Å². The average Bonchev–Trinajstić information content (AvgIpc) is 3.18. The fourth-order valence-electron chi connectivity index (χ4n) is 3.42. The Morgan fingerprint density at radius 2 is 1.97 bits per heavy atom. The van der Waals surface area contributed by atoms with Crippen LogP contribution in [0.15, 0.2) is 18.5 Å². The number of aryl methyl sites for hydroxylation is 2. The van der Waals surface area contributed by atoms with Gasteiger partial charge in [0.15, 0.2) is 5.60 Å². The molecule has 1 amide bonds. The normalized spacial score (nSPS) is 23.2. The van der Waals surface area contributed by atoms with Crippen molar-refractivity contribution in [2.75, 3.05) is 19.7 Å². The SMILES string of the molecule is Cc1cncc(CCC(=O)N2C[C@@H]3CCO[C@]3(C(=O)O)C2)c1.O=C(O)C(F)(F)F. The first-order chi connectivity index (χ1) is 13.5. The van der Waals surface area contributed by atoms with Crippen LogP contribution >= 0.6 is 0 Å². The first kappa shape index (κ1) is 22.6. The van der Waals surface area contributed by atoms with Gasteiger partial charge >= 0.3 is 18.1 Å². The second kappa shape index (κ2) is 8.76. The quantitative estimate of drug-likeness (QED) is 0.764. The molecule has 0 spiro atoms. The van der Waals surface area contributed by atoms with Crippen molar-refractivity contribution in [1.29, 1.82) is 0 Å². The molecule has 8 nitrogen and oxygen atoms in total. The van der Waals surface area contributed by atoms with E-state index >= 15 is 0 Å². The number of nitrogens with zero attached hydrogens (tertiary/aromatic N) is 2. The molecule has 160 valence electrons. The third-order valence-corrected chi connectivity index (χ3v) is 4.87. The number of likely N-dealkylation sites (tertiary alicyclic amines) is 1. The van der Waals surface area contributed by atoms with Crippen LogP contribution in [0.5, 0.6) is 0 Å². The minimum Gasteiger partial charge on any atom is -0.479 e. The maximum atomic E-state index is 12.4. The molecule has 0 radical (unpaired) electrons. The molecule has 3 rings (SSSR count). The number of pyridine rings is 1. The lowest BCUT2D eigenvalue weighted by Crippen LogP contribution is -2.45. The van der Waals surface area contributed by atoms with E-state index in [4.69, 9.17) is 14.6 Å². The standard InChI is InChI=1S/C16H20N2O4.C2HF3O2/c1-11-6-12(8-17-7-11)2-3-14(19)18-9-13-4-5-22-16(13,10-18)15(20)21;3-2(4,5)1(6)7/h6-8,13H,2-5,9-10H2,1H3,(H,20,21);(H,6,7)/t13-,16+;/m0./s1. The summed E-state index contributed by atoms with van der Waals surface area (Å²) in [6.07, 6.45) is 0.156. The zero-order valence-corrected chi connectivity index (χ0v) is 15.6. The minimum absolute atomic E-state index is 0.0138. The summed E-state index contributed by atoms with van der Waals surface area (Å²) in [7, 11) is 0. The predicted molar refractivity (Wildman–Crippen MR) is 92.0 cm³/mol. The highest BCUT2D eigenvalue weighted by atomic mass is 19.4. The first-order valence-electron chi connectivity index (χ1n) is 8.81. The number of fused-ring (bicyclic) bond motifs is 1. The molecule has 2 fully saturated rings. The minimum atomic E-state index is -5.08. The molecule has 2 aliphatic heterocycles. The molecular weight excluding hydrogens is 397 g/mol. The van der Waals surface area contributed by atoms with Crippen LogP contribution in [0, 0.1) is 12.8 Å². The summed E-state index contributed by atoms with van der Waals surface area (Å²) in [6, 6.07) is 2.01. The van der Waals surface area contributed by atoms with Gasteiger partial charge in [0, 0.05) is 37.9 Å². The molecule has 0 aliphatic carbocycles. The van der Waals surface area contributed by atoms with E-state index in [1.807, 2.05) is 13.0 Å². The number of carboxylic acid groups (broad SMARTS) is 2. The van der Waals surface area contributed by atoms with Gasteiger partial charge in [-0.1, -0.05) is 6.07 Å². The van der Waals surface area contributed by atoms with E-state index < -0.39 is 23.7 Å². The maximum absolute atomic E-state index is 12.4. The Labute approximate surface area is 164 Å². The molecule has 2 atom stereocenters. The number of carbonyl (C=O) groups is 3. The van der Waals surface area contributed by atoms with Gasteiger partial charge in [-0.25, -0.2) is 9.59 Å². The lowest BCUT2D eigenvalue weighted by atomic mass is 9.91. The highest BCUT2D eigenvalue weighted by Crippen LogP contribution is 2.39. The summed E-state index contributed by atoms with van der Waals surface area (Å²) in [5.41, 5.74) is 0.913. The highest BCUT2D eigenvalue weighted by Gasteiger charge is 2.57. The summed E-state index contributed by atoms with van der Waals surface area (Å²) in [4.78, 5) is 38.5. The Kier molecular flexibility index (Phi) is 6.83. The van der Waals surface area contributed by atoms with E-state index in [9.17, 15) is 27.9 Å². The lowest BCUT2D eigenvalue weighted by molar-refractivity contribution is -0.192. The number of hydrogen-bond acceptors (Lipinski definition) is 5. The van der Waals surface area contributed by atoms with Crippen molar-refractivity contribution >= 4 is 17.8 Å². The number of carboxylic acids is 2. The van der Waals surface area contributed by atoms with E-state index in [1.54, 1.807) is 17.3 Å². The van der Waals surface area contributed by atoms with E-state index in [2.05, 4.69) is 4.98 Å². The van der Waals surface area contributed by atoms with Crippen LogP contribution in [0.4, 0.5) is 13.2 Å². The molecule has 0 unspecified atom stereocenters. The van der Waals surface area contributed by atoms with Gasteiger partial charge in [-0.3, -0.25) is 9.78 Å². The van der Waals surface area contributed by atoms with Crippen LogP contribution < -0.4 is 0 Å². The number of hydrogen-bond donors (Lipinski definition) is 2. The number of ether oxygens (including phenoxy) is 1. The molecule has 1 aromatic heterocycles. The molecule has 0 bridgehead atoms. The number of aliphatic carboxylic acids is 2. The van der Waals surface area contributed by atoms with Gasteiger partial charge in [0.05, 0.1) is 6.54 Å². The Morgan fingerprint density at radius 3 is 2.48 bits per heavy atom. The summed E-state index contributed by atoms with van der Waals surface area (Å²) in [5.74, 6) is -3.81. The zero-order chi connectivity index (χ0) is 21.8. The Bertz CT molecular complexity index is 785. The molecule has 29 heavy (non-hydrogen) atoms.